The Morgan fingerprint density at radius 2 is 1.96 bits per heavy atom. The van der Waals surface area contributed by atoms with Crippen molar-refractivity contribution in [3.8, 4) is 11.5 Å². The lowest BCUT2D eigenvalue weighted by Crippen LogP contribution is -2.14. The van der Waals surface area contributed by atoms with Crippen LogP contribution in [0.15, 0.2) is 13.9 Å². The Hall–Kier alpha value is -2.24. The molecule has 0 radical (unpaired) electrons. The van der Waals surface area contributed by atoms with Crippen molar-refractivity contribution >= 4 is 26.4 Å². The second-order valence-corrected chi connectivity index (χ2v) is 8.64. The third-order valence-corrected chi connectivity index (χ3v) is 6.87. The van der Waals surface area contributed by atoms with Gasteiger partial charge in [0.2, 0.25) is 0 Å². The van der Waals surface area contributed by atoms with Crippen LogP contribution in [-0.4, -0.2) is 30.3 Å². The Kier molecular flexibility index (Phi) is 4.09. The van der Waals surface area contributed by atoms with Gasteiger partial charge in [0, 0.05) is 4.88 Å². The number of fused-ring (bicyclic) bond motifs is 1. The van der Waals surface area contributed by atoms with Gasteiger partial charge in [-0.1, -0.05) is 10.3 Å². The summed E-state index contributed by atoms with van der Waals surface area (Å²) in [6, 6.07) is 0. The molecule has 26 heavy (non-hydrogen) atoms. The van der Waals surface area contributed by atoms with Crippen LogP contribution in [0.5, 0.6) is 0 Å². The van der Waals surface area contributed by atoms with Gasteiger partial charge in [-0.2, -0.15) is 4.98 Å². The number of rotatable bonds is 4. The number of anilines is 1. The molecule has 1 N–H and O–H groups in total. The number of nitrogens with one attached hydrogen (secondary N) is 1. The van der Waals surface area contributed by atoms with Gasteiger partial charge >= 0.3 is 0 Å². The van der Waals surface area contributed by atoms with E-state index in [2.05, 4.69) is 20.0 Å². The highest BCUT2D eigenvalue weighted by Gasteiger charge is 2.30. The minimum absolute atomic E-state index is 0.0350. The fourth-order valence-corrected chi connectivity index (χ4v) is 5.77. The van der Waals surface area contributed by atoms with Crippen LogP contribution in [-0.2, 0) is 27.8 Å². The summed E-state index contributed by atoms with van der Waals surface area (Å²) >= 11 is 1.31. The summed E-state index contributed by atoms with van der Waals surface area (Å²) in [5, 5.41) is 7.96. The van der Waals surface area contributed by atoms with Crippen molar-refractivity contribution in [3.05, 3.63) is 27.7 Å². The number of aryl methyl sites for hydroxylation is 3. The zero-order valence-corrected chi connectivity index (χ0v) is 16.0. The lowest BCUT2D eigenvalue weighted by atomic mass is 10.1. The molecule has 138 valence electrons. The standard InChI is InChI=1S/C15H16N4O5S2/c1-7-13(8(2)23-17-7)26(20,21)19-15-12(14-16-9(3)18-24-14)10-4-5-22-6-11(10)25-15/h19H,4-6H2,1-3H3. The van der Waals surface area contributed by atoms with Gasteiger partial charge in [0.15, 0.2) is 16.5 Å². The number of nitrogens with zero attached hydrogens (tertiary/aromatic N) is 3. The van der Waals surface area contributed by atoms with Crippen LogP contribution in [0.1, 0.15) is 27.7 Å². The molecule has 0 aliphatic carbocycles. The molecule has 4 rings (SSSR count). The molecule has 0 spiro atoms. The molecule has 0 unspecified atom stereocenters. The average Bonchev–Trinajstić information content (AvgIpc) is 3.24. The van der Waals surface area contributed by atoms with Crippen molar-refractivity contribution in [1.29, 1.82) is 0 Å². The van der Waals surface area contributed by atoms with Gasteiger partial charge in [-0.15, -0.1) is 11.3 Å². The predicted molar refractivity (Wildman–Crippen MR) is 92.5 cm³/mol. The highest BCUT2D eigenvalue weighted by atomic mass is 32.2. The van der Waals surface area contributed by atoms with Crippen molar-refractivity contribution in [3.63, 3.8) is 0 Å². The smallest absolute Gasteiger partial charge is 0.267 e. The second kappa shape index (κ2) is 6.18. The first-order valence-electron chi connectivity index (χ1n) is 7.85. The molecule has 0 amide bonds. The lowest BCUT2D eigenvalue weighted by molar-refractivity contribution is 0.113. The number of thiophene rings is 1. The molecule has 9 nitrogen and oxygen atoms in total. The third kappa shape index (κ3) is 2.81. The van der Waals surface area contributed by atoms with E-state index in [0.29, 0.717) is 47.6 Å². The van der Waals surface area contributed by atoms with Gasteiger partial charge < -0.3 is 13.8 Å². The van der Waals surface area contributed by atoms with E-state index >= 15 is 0 Å². The molecule has 11 heteroatoms. The highest BCUT2D eigenvalue weighted by molar-refractivity contribution is 7.93. The summed E-state index contributed by atoms with van der Waals surface area (Å²) in [5.41, 5.74) is 1.89. The molecule has 3 aromatic rings. The molecule has 0 saturated carbocycles. The van der Waals surface area contributed by atoms with Crippen molar-refractivity contribution < 1.29 is 22.2 Å². The van der Waals surface area contributed by atoms with Crippen molar-refractivity contribution in [1.82, 2.24) is 15.3 Å². The molecule has 3 aromatic heterocycles. The third-order valence-electron chi connectivity index (χ3n) is 4.03. The minimum atomic E-state index is -3.88. The zero-order valence-electron chi connectivity index (χ0n) is 14.3. The maximum atomic E-state index is 12.9. The fourth-order valence-electron chi connectivity index (χ4n) is 2.96. The minimum Gasteiger partial charge on any atom is -0.376 e. The maximum absolute atomic E-state index is 12.9. The first-order valence-corrected chi connectivity index (χ1v) is 10.2. The van der Waals surface area contributed by atoms with Gasteiger partial charge in [-0.05, 0) is 32.8 Å². The number of hydrogen-bond acceptors (Lipinski definition) is 9. The van der Waals surface area contributed by atoms with Crippen LogP contribution in [0.4, 0.5) is 5.00 Å². The van der Waals surface area contributed by atoms with E-state index in [1.165, 1.54) is 11.3 Å². The van der Waals surface area contributed by atoms with E-state index in [1.54, 1.807) is 20.8 Å². The summed E-state index contributed by atoms with van der Waals surface area (Å²) in [5.74, 6) is 1.000. The van der Waals surface area contributed by atoms with E-state index in [0.717, 1.165) is 10.4 Å². The highest BCUT2D eigenvalue weighted by Crippen LogP contribution is 2.43. The summed E-state index contributed by atoms with van der Waals surface area (Å²) in [7, 11) is -3.88. The Morgan fingerprint density at radius 1 is 1.15 bits per heavy atom. The van der Waals surface area contributed by atoms with Gasteiger partial charge in [-0.25, -0.2) is 8.42 Å². The summed E-state index contributed by atoms with van der Waals surface area (Å²) in [6.07, 6.45) is 0.648. The molecule has 0 bridgehead atoms. The Balaban J connectivity index is 1.83. The van der Waals surface area contributed by atoms with Crippen LogP contribution >= 0.6 is 11.3 Å². The van der Waals surface area contributed by atoms with Gasteiger partial charge in [0.1, 0.15) is 10.7 Å². The van der Waals surface area contributed by atoms with Crippen LogP contribution in [0.2, 0.25) is 0 Å². The molecule has 0 saturated heterocycles. The number of sulfonamides is 1. The maximum Gasteiger partial charge on any atom is 0.267 e. The molecule has 0 fully saturated rings. The van der Waals surface area contributed by atoms with Crippen molar-refractivity contribution in [2.75, 3.05) is 11.3 Å². The van der Waals surface area contributed by atoms with E-state index in [4.69, 9.17) is 13.8 Å². The van der Waals surface area contributed by atoms with E-state index < -0.39 is 10.0 Å². The first-order chi connectivity index (χ1) is 12.4. The Morgan fingerprint density at radius 3 is 2.62 bits per heavy atom. The predicted octanol–water partition coefficient (Wildman–Crippen LogP) is 2.58. The molecule has 1 aliphatic heterocycles. The topological polar surface area (TPSA) is 120 Å². The van der Waals surface area contributed by atoms with E-state index in [-0.39, 0.29) is 10.7 Å². The molecular formula is C15H16N4O5S2. The molecule has 1 aliphatic rings. The number of hydrogen-bond donors (Lipinski definition) is 1. The summed E-state index contributed by atoms with van der Waals surface area (Å²) in [6.45, 7) is 5.83. The number of aromatic nitrogens is 3. The van der Waals surface area contributed by atoms with Crippen LogP contribution in [0.3, 0.4) is 0 Å². The molecule has 0 atom stereocenters. The quantitative estimate of drug-likeness (QED) is 0.714. The Labute approximate surface area is 153 Å². The van der Waals surface area contributed by atoms with Gasteiger partial charge in [0.05, 0.1) is 18.8 Å². The molecule has 0 aromatic carbocycles. The van der Waals surface area contributed by atoms with Crippen LogP contribution in [0, 0.1) is 20.8 Å². The van der Waals surface area contributed by atoms with E-state index in [1.807, 2.05) is 0 Å². The summed E-state index contributed by atoms with van der Waals surface area (Å²) in [4.78, 5) is 5.25. The monoisotopic (exact) mass is 396 g/mol. The normalized spacial score (nSPS) is 14.4. The fraction of sp³-hybridized carbons (Fsp3) is 0.400. The van der Waals surface area contributed by atoms with Crippen LogP contribution in [0.25, 0.3) is 11.5 Å². The van der Waals surface area contributed by atoms with Crippen molar-refractivity contribution in [2.45, 2.75) is 38.7 Å². The lowest BCUT2D eigenvalue weighted by Gasteiger charge is -2.12. The molecule has 4 heterocycles. The zero-order chi connectivity index (χ0) is 18.5. The van der Waals surface area contributed by atoms with Gasteiger partial charge in [0.25, 0.3) is 15.9 Å². The SMILES string of the molecule is Cc1noc(-c2c(NS(=O)(=O)c3c(C)noc3C)sc3c2CCOC3)n1. The molecular weight excluding hydrogens is 380 g/mol. The largest absolute Gasteiger partial charge is 0.376 e. The van der Waals surface area contributed by atoms with Crippen LogP contribution < -0.4 is 4.72 Å². The Bertz CT molecular complexity index is 1060. The first kappa shape index (κ1) is 17.2. The van der Waals surface area contributed by atoms with E-state index in [9.17, 15) is 8.42 Å². The average molecular weight is 396 g/mol. The van der Waals surface area contributed by atoms with Crippen molar-refractivity contribution in [2.24, 2.45) is 0 Å². The summed E-state index contributed by atoms with van der Waals surface area (Å²) < 4.78 is 44.2. The second-order valence-electron chi connectivity index (χ2n) is 5.92. The van der Waals surface area contributed by atoms with Gasteiger partial charge in [-0.3, -0.25) is 4.72 Å². The number of ether oxygens (including phenoxy) is 1.